The lowest BCUT2D eigenvalue weighted by molar-refractivity contribution is 0.478. The first-order chi connectivity index (χ1) is 7.87. The average molecular weight is 259 g/mol. The summed E-state index contributed by atoms with van der Waals surface area (Å²) in [6.07, 6.45) is 0.521. The van der Waals surface area contributed by atoms with Crippen LogP contribution >= 0.6 is 0 Å². The highest BCUT2D eigenvalue weighted by atomic mass is 32.2. The van der Waals surface area contributed by atoms with E-state index in [-0.39, 0.29) is 29.8 Å². The molecule has 0 saturated carbocycles. The fourth-order valence-electron chi connectivity index (χ4n) is 2.00. The molecule has 1 aliphatic rings. The van der Waals surface area contributed by atoms with Gasteiger partial charge in [0.05, 0.1) is 11.5 Å². The van der Waals surface area contributed by atoms with Crippen molar-refractivity contribution in [1.82, 2.24) is 9.55 Å². The molecule has 0 radical (unpaired) electrons. The van der Waals surface area contributed by atoms with Crippen molar-refractivity contribution in [1.29, 1.82) is 0 Å². The molecular weight excluding hydrogens is 246 g/mol. The van der Waals surface area contributed by atoms with Crippen molar-refractivity contribution in [3.05, 3.63) is 26.9 Å². The third-order valence-corrected chi connectivity index (χ3v) is 4.67. The topological polar surface area (TPSA) is 115 Å². The van der Waals surface area contributed by atoms with Crippen molar-refractivity contribution >= 4 is 15.7 Å². The van der Waals surface area contributed by atoms with Crippen LogP contribution in [0.3, 0.4) is 0 Å². The summed E-state index contributed by atoms with van der Waals surface area (Å²) >= 11 is 0. The van der Waals surface area contributed by atoms with Gasteiger partial charge in [-0.25, -0.2) is 13.2 Å². The molecule has 1 fully saturated rings. The SMILES string of the molecule is Nc1cc(=O)[nH]c(=O)n1CC1CCS(=O)(=O)C1. The molecule has 0 amide bonds. The number of aromatic nitrogens is 2. The van der Waals surface area contributed by atoms with E-state index in [9.17, 15) is 18.0 Å². The van der Waals surface area contributed by atoms with Gasteiger partial charge in [-0.05, 0) is 12.3 Å². The Morgan fingerprint density at radius 1 is 1.47 bits per heavy atom. The van der Waals surface area contributed by atoms with Crippen LogP contribution in [0.2, 0.25) is 0 Å². The second-order valence-electron chi connectivity index (χ2n) is 4.24. The summed E-state index contributed by atoms with van der Waals surface area (Å²) in [4.78, 5) is 24.5. The van der Waals surface area contributed by atoms with E-state index in [2.05, 4.69) is 4.98 Å². The summed E-state index contributed by atoms with van der Waals surface area (Å²) in [7, 11) is -2.98. The minimum Gasteiger partial charge on any atom is -0.385 e. The molecule has 1 aromatic heterocycles. The number of aromatic amines is 1. The zero-order valence-electron chi connectivity index (χ0n) is 9.05. The molecule has 0 aromatic carbocycles. The van der Waals surface area contributed by atoms with Crippen molar-refractivity contribution in [2.24, 2.45) is 5.92 Å². The van der Waals surface area contributed by atoms with Gasteiger partial charge < -0.3 is 5.73 Å². The van der Waals surface area contributed by atoms with Crippen LogP contribution in [0, 0.1) is 5.92 Å². The maximum absolute atomic E-state index is 11.5. The van der Waals surface area contributed by atoms with Gasteiger partial charge in [-0.2, -0.15) is 0 Å². The van der Waals surface area contributed by atoms with Crippen LogP contribution in [-0.4, -0.2) is 29.5 Å². The highest BCUT2D eigenvalue weighted by Gasteiger charge is 2.28. The fourth-order valence-corrected chi connectivity index (χ4v) is 3.85. The molecule has 2 heterocycles. The van der Waals surface area contributed by atoms with Crippen LogP contribution < -0.4 is 17.0 Å². The predicted molar refractivity (Wildman–Crippen MR) is 62.5 cm³/mol. The predicted octanol–water partition coefficient (Wildman–Crippen LogP) is -1.45. The van der Waals surface area contributed by atoms with E-state index in [1.165, 1.54) is 4.57 Å². The number of anilines is 1. The Balaban J connectivity index is 2.26. The molecule has 1 unspecified atom stereocenters. The summed E-state index contributed by atoms with van der Waals surface area (Å²) in [5.41, 5.74) is 4.41. The van der Waals surface area contributed by atoms with Crippen LogP contribution in [0.15, 0.2) is 15.7 Å². The maximum atomic E-state index is 11.5. The minimum atomic E-state index is -2.98. The number of rotatable bonds is 2. The molecular formula is C9H13N3O4S. The van der Waals surface area contributed by atoms with Gasteiger partial charge >= 0.3 is 5.69 Å². The molecule has 1 aliphatic heterocycles. The average Bonchev–Trinajstić information content (AvgIpc) is 2.52. The quantitative estimate of drug-likeness (QED) is 0.674. The number of H-pyrrole nitrogens is 1. The summed E-state index contributed by atoms with van der Waals surface area (Å²) in [6.45, 7) is 0.223. The number of nitrogen functional groups attached to an aromatic ring is 1. The lowest BCUT2D eigenvalue weighted by Crippen LogP contribution is -2.33. The number of hydrogen-bond donors (Lipinski definition) is 2. The van der Waals surface area contributed by atoms with Gasteiger partial charge in [-0.1, -0.05) is 0 Å². The molecule has 1 saturated heterocycles. The highest BCUT2D eigenvalue weighted by Crippen LogP contribution is 2.20. The van der Waals surface area contributed by atoms with Crippen molar-refractivity contribution in [2.45, 2.75) is 13.0 Å². The molecule has 0 bridgehead atoms. The van der Waals surface area contributed by atoms with Crippen LogP contribution in [0.25, 0.3) is 0 Å². The Kier molecular flexibility index (Phi) is 2.82. The number of hydrogen-bond acceptors (Lipinski definition) is 5. The smallest absolute Gasteiger partial charge is 0.329 e. The third kappa shape index (κ3) is 2.57. The van der Waals surface area contributed by atoms with Gasteiger partial charge in [-0.15, -0.1) is 0 Å². The minimum absolute atomic E-state index is 0.0584. The van der Waals surface area contributed by atoms with E-state index in [1.54, 1.807) is 0 Å². The molecule has 0 aliphatic carbocycles. The third-order valence-electron chi connectivity index (χ3n) is 2.83. The summed E-state index contributed by atoms with van der Waals surface area (Å²) in [5, 5.41) is 0. The number of nitrogens with one attached hydrogen (secondary N) is 1. The monoisotopic (exact) mass is 259 g/mol. The van der Waals surface area contributed by atoms with E-state index in [1.807, 2.05) is 0 Å². The molecule has 8 heteroatoms. The summed E-state index contributed by atoms with van der Waals surface area (Å²) in [5.74, 6) is 0.155. The largest absolute Gasteiger partial charge is 0.385 e. The first kappa shape index (κ1) is 11.9. The molecule has 17 heavy (non-hydrogen) atoms. The zero-order valence-corrected chi connectivity index (χ0v) is 9.87. The zero-order chi connectivity index (χ0) is 12.6. The number of sulfone groups is 1. The highest BCUT2D eigenvalue weighted by molar-refractivity contribution is 7.91. The van der Waals surface area contributed by atoms with Crippen molar-refractivity contribution in [3.8, 4) is 0 Å². The Labute approximate surface area is 97.2 Å². The molecule has 94 valence electrons. The standard InChI is InChI=1S/C9H13N3O4S/c10-7-3-8(13)11-9(14)12(7)4-6-1-2-17(15,16)5-6/h3,6H,1-2,4-5,10H2,(H,11,13,14). The Bertz CT molecular complexity index is 643. The number of nitrogens with two attached hydrogens (primary N) is 1. The van der Waals surface area contributed by atoms with Crippen LogP contribution in [0.1, 0.15) is 6.42 Å². The van der Waals surface area contributed by atoms with Gasteiger partial charge in [0, 0.05) is 12.6 Å². The van der Waals surface area contributed by atoms with Gasteiger partial charge in [-0.3, -0.25) is 14.3 Å². The van der Waals surface area contributed by atoms with Crippen molar-refractivity contribution < 1.29 is 8.42 Å². The van der Waals surface area contributed by atoms with Crippen LogP contribution in [-0.2, 0) is 16.4 Å². The Morgan fingerprint density at radius 2 is 2.18 bits per heavy atom. The van der Waals surface area contributed by atoms with E-state index in [0.29, 0.717) is 6.42 Å². The summed E-state index contributed by atoms with van der Waals surface area (Å²) < 4.78 is 23.8. The fraction of sp³-hybridized carbons (Fsp3) is 0.556. The second-order valence-corrected chi connectivity index (χ2v) is 6.47. The van der Waals surface area contributed by atoms with Gasteiger partial charge in [0.2, 0.25) is 0 Å². The molecule has 0 spiro atoms. The summed E-state index contributed by atoms with van der Waals surface area (Å²) in [6, 6.07) is 1.12. The van der Waals surface area contributed by atoms with E-state index in [4.69, 9.17) is 5.73 Å². The lowest BCUT2D eigenvalue weighted by Gasteiger charge is -2.12. The van der Waals surface area contributed by atoms with E-state index >= 15 is 0 Å². The van der Waals surface area contributed by atoms with Gasteiger partial charge in [0.1, 0.15) is 5.82 Å². The first-order valence-electron chi connectivity index (χ1n) is 5.17. The normalized spacial score (nSPS) is 22.7. The van der Waals surface area contributed by atoms with Crippen molar-refractivity contribution in [2.75, 3.05) is 17.2 Å². The van der Waals surface area contributed by atoms with E-state index in [0.717, 1.165) is 6.07 Å². The van der Waals surface area contributed by atoms with Gasteiger partial charge in [0.15, 0.2) is 9.84 Å². The van der Waals surface area contributed by atoms with Crippen molar-refractivity contribution in [3.63, 3.8) is 0 Å². The van der Waals surface area contributed by atoms with Crippen LogP contribution in [0.5, 0.6) is 0 Å². The molecule has 2 rings (SSSR count). The van der Waals surface area contributed by atoms with Gasteiger partial charge in [0.25, 0.3) is 5.56 Å². The molecule has 3 N–H and O–H groups in total. The molecule has 1 atom stereocenters. The first-order valence-corrected chi connectivity index (χ1v) is 6.99. The second kappa shape index (κ2) is 4.02. The van der Waals surface area contributed by atoms with Crippen LogP contribution in [0.4, 0.5) is 5.82 Å². The molecule has 1 aromatic rings. The maximum Gasteiger partial charge on any atom is 0.329 e. The Hall–Kier alpha value is -1.57. The lowest BCUT2D eigenvalue weighted by atomic mass is 10.1. The van der Waals surface area contributed by atoms with E-state index < -0.39 is 21.1 Å². The Morgan fingerprint density at radius 3 is 2.71 bits per heavy atom. The number of nitrogens with zero attached hydrogens (tertiary/aromatic N) is 1. The molecule has 7 nitrogen and oxygen atoms in total.